The standard InChI is InChI=1S/C20H30N2O2/c1-2-18(19(23)24)21-13-14-22(15-17-9-5-3-6-10-17)20(16-21)11-7-4-8-12-20/h3,5-6,9-10,18H,2,4,7-8,11-16H2,1H3,(H,23,24). The molecule has 4 nitrogen and oxygen atoms in total. The van der Waals surface area contributed by atoms with E-state index in [1.165, 1.54) is 37.7 Å². The molecule has 1 atom stereocenters. The third-order valence-electron chi connectivity index (χ3n) is 5.94. The molecule has 1 aromatic carbocycles. The van der Waals surface area contributed by atoms with E-state index in [1.54, 1.807) is 0 Å². The van der Waals surface area contributed by atoms with Crippen LogP contribution in [0.25, 0.3) is 0 Å². The molecule has 1 aliphatic heterocycles. The van der Waals surface area contributed by atoms with Crippen molar-refractivity contribution in [2.75, 3.05) is 19.6 Å². The largest absolute Gasteiger partial charge is 0.480 e. The molecule has 0 aromatic heterocycles. The molecular weight excluding hydrogens is 300 g/mol. The van der Waals surface area contributed by atoms with Crippen LogP contribution in [-0.2, 0) is 11.3 Å². The molecule has 2 fully saturated rings. The van der Waals surface area contributed by atoms with E-state index >= 15 is 0 Å². The number of carboxylic acid groups (broad SMARTS) is 1. The van der Waals surface area contributed by atoms with Crippen LogP contribution in [0.4, 0.5) is 0 Å². The molecule has 1 unspecified atom stereocenters. The maximum Gasteiger partial charge on any atom is 0.320 e. The minimum Gasteiger partial charge on any atom is -0.480 e. The third-order valence-corrected chi connectivity index (χ3v) is 5.94. The summed E-state index contributed by atoms with van der Waals surface area (Å²) in [6, 6.07) is 10.4. The first kappa shape index (κ1) is 17.4. The van der Waals surface area contributed by atoms with E-state index < -0.39 is 5.97 Å². The molecule has 0 amide bonds. The van der Waals surface area contributed by atoms with Gasteiger partial charge in [-0.05, 0) is 24.8 Å². The van der Waals surface area contributed by atoms with Gasteiger partial charge in [0.2, 0.25) is 0 Å². The van der Waals surface area contributed by atoms with Gasteiger partial charge in [-0.3, -0.25) is 14.6 Å². The predicted octanol–water partition coefficient (Wildman–Crippen LogP) is 3.37. The average Bonchev–Trinajstić information content (AvgIpc) is 2.59. The first-order valence-electron chi connectivity index (χ1n) is 9.40. The Hall–Kier alpha value is -1.39. The van der Waals surface area contributed by atoms with E-state index in [9.17, 15) is 9.90 Å². The Labute approximate surface area is 145 Å². The minimum atomic E-state index is -0.667. The SMILES string of the molecule is CCC(C(=O)O)N1CCN(Cc2ccccc2)C2(CCCCC2)C1. The highest BCUT2D eigenvalue weighted by Gasteiger charge is 2.44. The van der Waals surface area contributed by atoms with Gasteiger partial charge in [0.15, 0.2) is 0 Å². The number of piperazine rings is 1. The lowest BCUT2D eigenvalue weighted by atomic mass is 9.78. The quantitative estimate of drug-likeness (QED) is 0.899. The third kappa shape index (κ3) is 3.65. The van der Waals surface area contributed by atoms with Gasteiger partial charge in [0.1, 0.15) is 6.04 Å². The van der Waals surface area contributed by atoms with Crippen molar-refractivity contribution in [3.8, 4) is 0 Å². The molecule has 1 aromatic rings. The second kappa shape index (κ2) is 7.66. The van der Waals surface area contributed by atoms with Crippen molar-refractivity contribution in [2.24, 2.45) is 0 Å². The highest BCUT2D eigenvalue weighted by atomic mass is 16.4. The fraction of sp³-hybridized carbons (Fsp3) is 0.650. The highest BCUT2D eigenvalue weighted by Crippen LogP contribution is 2.38. The van der Waals surface area contributed by atoms with Crippen LogP contribution in [0.3, 0.4) is 0 Å². The fourth-order valence-corrected chi connectivity index (χ4v) is 4.63. The second-order valence-electron chi connectivity index (χ2n) is 7.42. The first-order chi connectivity index (χ1) is 11.6. The zero-order valence-electron chi connectivity index (χ0n) is 14.8. The number of aliphatic carboxylic acids is 1. The Kier molecular flexibility index (Phi) is 5.57. The Bertz CT molecular complexity index is 540. The topological polar surface area (TPSA) is 43.8 Å². The van der Waals surface area contributed by atoms with Crippen LogP contribution in [-0.4, -0.2) is 52.1 Å². The maximum atomic E-state index is 11.6. The van der Waals surface area contributed by atoms with Gasteiger partial charge in [0, 0.05) is 31.7 Å². The van der Waals surface area contributed by atoms with Crippen LogP contribution in [0, 0.1) is 0 Å². The number of carboxylic acids is 1. The normalized spacial score (nSPS) is 23.2. The molecule has 1 heterocycles. The van der Waals surface area contributed by atoms with E-state index in [1.807, 2.05) is 6.92 Å². The molecule has 3 rings (SSSR count). The molecule has 0 radical (unpaired) electrons. The van der Waals surface area contributed by atoms with Gasteiger partial charge in [-0.1, -0.05) is 56.5 Å². The van der Waals surface area contributed by atoms with Crippen LogP contribution >= 0.6 is 0 Å². The van der Waals surface area contributed by atoms with E-state index in [4.69, 9.17) is 0 Å². The van der Waals surface area contributed by atoms with Gasteiger partial charge < -0.3 is 5.11 Å². The first-order valence-corrected chi connectivity index (χ1v) is 9.40. The van der Waals surface area contributed by atoms with Crippen molar-refractivity contribution < 1.29 is 9.90 Å². The Morgan fingerprint density at radius 2 is 1.88 bits per heavy atom. The number of benzene rings is 1. The summed E-state index contributed by atoms with van der Waals surface area (Å²) in [5.74, 6) is -0.667. The summed E-state index contributed by atoms with van der Waals surface area (Å²) in [7, 11) is 0. The molecule has 2 aliphatic rings. The summed E-state index contributed by atoms with van der Waals surface area (Å²) < 4.78 is 0. The lowest BCUT2D eigenvalue weighted by Gasteiger charge is -2.54. The van der Waals surface area contributed by atoms with Crippen LogP contribution in [0.5, 0.6) is 0 Å². The Morgan fingerprint density at radius 1 is 1.17 bits per heavy atom. The van der Waals surface area contributed by atoms with E-state index in [-0.39, 0.29) is 11.6 Å². The highest BCUT2D eigenvalue weighted by molar-refractivity contribution is 5.73. The zero-order valence-corrected chi connectivity index (χ0v) is 14.8. The number of carbonyl (C=O) groups is 1. The lowest BCUT2D eigenvalue weighted by Crippen LogP contribution is -2.64. The Morgan fingerprint density at radius 3 is 2.50 bits per heavy atom. The average molecular weight is 330 g/mol. The summed E-state index contributed by atoms with van der Waals surface area (Å²) >= 11 is 0. The van der Waals surface area contributed by atoms with Gasteiger partial charge in [-0.25, -0.2) is 0 Å². The molecule has 1 N–H and O–H groups in total. The molecule has 1 aliphatic carbocycles. The summed E-state index contributed by atoms with van der Waals surface area (Å²) in [6.45, 7) is 5.71. The lowest BCUT2D eigenvalue weighted by molar-refractivity contribution is -0.146. The summed E-state index contributed by atoms with van der Waals surface area (Å²) in [5, 5.41) is 9.56. The van der Waals surface area contributed by atoms with Crippen molar-refractivity contribution >= 4 is 5.97 Å². The summed E-state index contributed by atoms with van der Waals surface area (Å²) in [4.78, 5) is 16.5. The molecule has 0 bridgehead atoms. The van der Waals surface area contributed by atoms with Gasteiger partial charge in [-0.2, -0.15) is 0 Å². The molecule has 1 saturated carbocycles. The van der Waals surface area contributed by atoms with E-state index in [0.717, 1.165) is 26.2 Å². The molecular formula is C20H30N2O2. The van der Waals surface area contributed by atoms with Crippen LogP contribution < -0.4 is 0 Å². The number of hydrogen-bond donors (Lipinski definition) is 1. The monoisotopic (exact) mass is 330 g/mol. The fourth-order valence-electron chi connectivity index (χ4n) is 4.63. The summed E-state index contributed by atoms with van der Waals surface area (Å²) in [6.07, 6.45) is 6.94. The number of hydrogen-bond acceptors (Lipinski definition) is 3. The van der Waals surface area contributed by atoms with Gasteiger partial charge >= 0.3 is 5.97 Å². The molecule has 132 valence electrons. The molecule has 1 saturated heterocycles. The van der Waals surface area contributed by atoms with E-state index in [2.05, 4.69) is 40.1 Å². The second-order valence-corrected chi connectivity index (χ2v) is 7.42. The van der Waals surface area contributed by atoms with Crippen LogP contribution in [0.2, 0.25) is 0 Å². The summed E-state index contributed by atoms with van der Waals surface area (Å²) in [5.41, 5.74) is 1.52. The van der Waals surface area contributed by atoms with E-state index in [0.29, 0.717) is 6.42 Å². The van der Waals surface area contributed by atoms with Gasteiger partial charge in [0.05, 0.1) is 0 Å². The van der Waals surface area contributed by atoms with Crippen LogP contribution in [0.1, 0.15) is 51.0 Å². The zero-order chi connectivity index (χ0) is 17.0. The van der Waals surface area contributed by atoms with Crippen molar-refractivity contribution in [1.82, 2.24) is 9.80 Å². The molecule has 1 spiro atoms. The van der Waals surface area contributed by atoms with Crippen molar-refractivity contribution in [3.05, 3.63) is 35.9 Å². The van der Waals surface area contributed by atoms with Crippen LogP contribution in [0.15, 0.2) is 30.3 Å². The van der Waals surface area contributed by atoms with Gasteiger partial charge in [-0.15, -0.1) is 0 Å². The molecule has 24 heavy (non-hydrogen) atoms. The van der Waals surface area contributed by atoms with Crippen molar-refractivity contribution in [1.29, 1.82) is 0 Å². The smallest absolute Gasteiger partial charge is 0.320 e. The number of nitrogens with zero attached hydrogens (tertiary/aromatic N) is 2. The van der Waals surface area contributed by atoms with Crippen molar-refractivity contribution in [2.45, 2.75) is 63.6 Å². The van der Waals surface area contributed by atoms with Gasteiger partial charge in [0.25, 0.3) is 0 Å². The maximum absolute atomic E-state index is 11.6. The Balaban J connectivity index is 1.79. The number of rotatable bonds is 5. The van der Waals surface area contributed by atoms with Crippen molar-refractivity contribution in [3.63, 3.8) is 0 Å². The minimum absolute atomic E-state index is 0.162. The predicted molar refractivity (Wildman–Crippen MR) is 96.0 cm³/mol. The molecule has 4 heteroatoms.